The Labute approximate surface area is 116 Å². The van der Waals surface area contributed by atoms with Gasteiger partial charge in [-0.15, -0.1) is 0 Å². The van der Waals surface area contributed by atoms with Gasteiger partial charge in [-0.25, -0.2) is 0 Å². The first kappa shape index (κ1) is 13.0. The van der Waals surface area contributed by atoms with Crippen molar-refractivity contribution >= 4 is 0 Å². The van der Waals surface area contributed by atoms with Gasteiger partial charge in [-0.2, -0.15) is 0 Å². The molecule has 0 radical (unpaired) electrons. The van der Waals surface area contributed by atoms with Gasteiger partial charge in [0.05, 0.1) is 6.61 Å². The molecule has 1 aliphatic carbocycles. The number of nitrogens with one attached hydrogen (secondary N) is 1. The predicted molar refractivity (Wildman–Crippen MR) is 78.6 cm³/mol. The SMILES string of the molecule is CCCC1(CNC(C)c2ccc3c(c2)CCO3)CC1. The second-order valence-corrected chi connectivity index (χ2v) is 6.32. The first-order valence-electron chi connectivity index (χ1n) is 7.71. The summed E-state index contributed by atoms with van der Waals surface area (Å²) in [6.45, 7) is 6.60. The molecule has 0 bridgehead atoms. The highest BCUT2D eigenvalue weighted by molar-refractivity contribution is 5.40. The van der Waals surface area contributed by atoms with Crippen LogP contribution in [0.2, 0.25) is 0 Å². The van der Waals surface area contributed by atoms with Crippen LogP contribution >= 0.6 is 0 Å². The van der Waals surface area contributed by atoms with Crippen LogP contribution in [-0.2, 0) is 6.42 Å². The van der Waals surface area contributed by atoms with Crippen LogP contribution in [0.15, 0.2) is 18.2 Å². The number of hydrogen-bond acceptors (Lipinski definition) is 2. The molecular weight excluding hydrogens is 234 g/mol. The maximum Gasteiger partial charge on any atom is 0.122 e. The molecule has 1 aromatic rings. The third kappa shape index (κ3) is 2.79. The van der Waals surface area contributed by atoms with Crippen molar-refractivity contribution in [1.82, 2.24) is 5.32 Å². The molecule has 1 fully saturated rings. The molecule has 1 saturated carbocycles. The molecule has 104 valence electrons. The first-order chi connectivity index (χ1) is 9.22. The summed E-state index contributed by atoms with van der Waals surface area (Å²) in [5, 5.41) is 3.74. The van der Waals surface area contributed by atoms with E-state index in [9.17, 15) is 0 Å². The van der Waals surface area contributed by atoms with Gasteiger partial charge >= 0.3 is 0 Å². The molecule has 19 heavy (non-hydrogen) atoms. The molecule has 0 saturated heterocycles. The van der Waals surface area contributed by atoms with E-state index in [0.29, 0.717) is 11.5 Å². The van der Waals surface area contributed by atoms with E-state index in [4.69, 9.17) is 4.74 Å². The maximum atomic E-state index is 5.57. The Balaban J connectivity index is 1.59. The van der Waals surface area contributed by atoms with Crippen molar-refractivity contribution in [3.8, 4) is 5.75 Å². The number of rotatable bonds is 6. The third-order valence-electron chi connectivity index (χ3n) is 4.73. The monoisotopic (exact) mass is 259 g/mol. The summed E-state index contributed by atoms with van der Waals surface area (Å²) in [4.78, 5) is 0. The van der Waals surface area contributed by atoms with Gasteiger partial charge < -0.3 is 10.1 Å². The lowest BCUT2D eigenvalue weighted by atomic mass is 9.99. The standard InChI is InChI=1S/C17H25NO/c1-3-7-17(8-9-17)12-18-13(2)14-4-5-16-15(11-14)6-10-19-16/h4-5,11,13,18H,3,6-10,12H2,1-2H3. The molecule has 0 aromatic heterocycles. The maximum absolute atomic E-state index is 5.57. The Bertz CT molecular complexity index is 451. The van der Waals surface area contributed by atoms with Crippen LogP contribution in [0.1, 0.15) is 56.7 Å². The zero-order valence-corrected chi connectivity index (χ0v) is 12.2. The first-order valence-corrected chi connectivity index (χ1v) is 7.71. The molecule has 2 heteroatoms. The van der Waals surface area contributed by atoms with Gasteiger partial charge in [0.15, 0.2) is 0 Å². The fourth-order valence-electron chi connectivity index (χ4n) is 3.19. The highest BCUT2D eigenvalue weighted by Crippen LogP contribution is 2.49. The summed E-state index contributed by atoms with van der Waals surface area (Å²) in [5.41, 5.74) is 3.40. The van der Waals surface area contributed by atoms with E-state index in [0.717, 1.165) is 18.8 Å². The van der Waals surface area contributed by atoms with Crippen molar-refractivity contribution in [3.05, 3.63) is 29.3 Å². The largest absolute Gasteiger partial charge is 0.493 e. The van der Waals surface area contributed by atoms with Crippen LogP contribution < -0.4 is 10.1 Å². The van der Waals surface area contributed by atoms with E-state index in [2.05, 4.69) is 37.4 Å². The van der Waals surface area contributed by atoms with E-state index in [-0.39, 0.29) is 0 Å². The van der Waals surface area contributed by atoms with Crippen molar-refractivity contribution in [2.75, 3.05) is 13.2 Å². The van der Waals surface area contributed by atoms with Crippen molar-refractivity contribution < 1.29 is 4.74 Å². The fraction of sp³-hybridized carbons (Fsp3) is 0.647. The smallest absolute Gasteiger partial charge is 0.122 e. The number of hydrogen-bond donors (Lipinski definition) is 1. The highest BCUT2D eigenvalue weighted by atomic mass is 16.5. The van der Waals surface area contributed by atoms with Gasteiger partial charge in [0.25, 0.3) is 0 Å². The van der Waals surface area contributed by atoms with Gasteiger partial charge in [0.1, 0.15) is 5.75 Å². The summed E-state index contributed by atoms with van der Waals surface area (Å²) in [6.07, 6.45) is 6.59. The van der Waals surface area contributed by atoms with Gasteiger partial charge in [0, 0.05) is 19.0 Å². The van der Waals surface area contributed by atoms with E-state index < -0.39 is 0 Å². The summed E-state index contributed by atoms with van der Waals surface area (Å²) in [7, 11) is 0. The van der Waals surface area contributed by atoms with Crippen molar-refractivity contribution in [3.63, 3.8) is 0 Å². The molecule has 1 heterocycles. The van der Waals surface area contributed by atoms with Crippen LogP contribution in [0.25, 0.3) is 0 Å². The molecule has 0 amide bonds. The second-order valence-electron chi connectivity index (χ2n) is 6.32. The van der Waals surface area contributed by atoms with E-state index in [1.807, 2.05) is 0 Å². The Morgan fingerprint density at radius 2 is 2.21 bits per heavy atom. The second kappa shape index (κ2) is 5.16. The van der Waals surface area contributed by atoms with Gasteiger partial charge in [-0.3, -0.25) is 0 Å². The Morgan fingerprint density at radius 1 is 1.37 bits per heavy atom. The van der Waals surface area contributed by atoms with Crippen molar-refractivity contribution in [2.45, 2.75) is 52.0 Å². The van der Waals surface area contributed by atoms with Crippen molar-refractivity contribution in [2.24, 2.45) is 5.41 Å². The van der Waals surface area contributed by atoms with Crippen LogP contribution in [0, 0.1) is 5.41 Å². The molecule has 2 aliphatic rings. The minimum absolute atomic E-state index is 0.445. The predicted octanol–water partition coefficient (Wildman–Crippen LogP) is 3.85. The molecule has 1 N–H and O–H groups in total. The van der Waals surface area contributed by atoms with Crippen LogP contribution in [0.5, 0.6) is 5.75 Å². The molecule has 1 atom stereocenters. The summed E-state index contributed by atoms with van der Waals surface area (Å²) >= 11 is 0. The molecule has 3 rings (SSSR count). The lowest BCUT2D eigenvalue weighted by Crippen LogP contribution is -2.26. The fourth-order valence-corrected chi connectivity index (χ4v) is 3.19. The zero-order chi connectivity index (χ0) is 13.3. The quantitative estimate of drug-likeness (QED) is 0.837. The van der Waals surface area contributed by atoms with E-state index in [1.165, 1.54) is 43.4 Å². The molecule has 0 spiro atoms. The number of benzene rings is 1. The average molecular weight is 259 g/mol. The minimum Gasteiger partial charge on any atom is -0.493 e. The number of fused-ring (bicyclic) bond motifs is 1. The molecule has 1 aliphatic heterocycles. The lowest BCUT2D eigenvalue weighted by molar-refractivity contribution is 0.356. The van der Waals surface area contributed by atoms with Crippen LogP contribution in [0.3, 0.4) is 0 Å². The van der Waals surface area contributed by atoms with Gasteiger partial charge in [0.2, 0.25) is 0 Å². The zero-order valence-electron chi connectivity index (χ0n) is 12.2. The lowest BCUT2D eigenvalue weighted by Gasteiger charge is -2.20. The Hall–Kier alpha value is -1.02. The topological polar surface area (TPSA) is 21.3 Å². The van der Waals surface area contributed by atoms with E-state index in [1.54, 1.807) is 0 Å². The summed E-state index contributed by atoms with van der Waals surface area (Å²) in [5.74, 6) is 1.08. The minimum atomic E-state index is 0.445. The average Bonchev–Trinajstić information content (AvgIpc) is 3.02. The number of ether oxygens (including phenoxy) is 1. The summed E-state index contributed by atoms with van der Waals surface area (Å²) < 4.78 is 5.57. The van der Waals surface area contributed by atoms with Crippen LogP contribution in [0.4, 0.5) is 0 Å². The highest BCUT2D eigenvalue weighted by Gasteiger charge is 2.41. The molecule has 1 unspecified atom stereocenters. The third-order valence-corrected chi connectivity index (χ3v) is 4.73. The van der Waals surface area contributed by atoms with Gasteiger partial charge in [-0.05, 0) is 48.8 Å². The Kier molecular flexibility index (Phi) is 3.53. The van der Waals surface area contributed by atoms with Crippen LogP contribution in [-0.4, -0.2) is 13.2 Å². The Morgan fingerprint density at radius 3 is 2.95 bits per heavy atom. The summed E-state index contributed by atoms with van der Waals surface area (Å²) in [6, 6.07) is 7.11. The molecule has 1 aromatic carbocycles. The molecule has 2 nitrogen and oxygen atoms in total. The van der Waals surface area contributed by atoms with E-state index >= 15 is 0 Å². The van der Waals surface area contributed by atoms with Gasteiger partial charge in [-0.1, -0.05) is 25.5 Å². The van der Waals surface area contributed by atoms with Crippen molar-refractivity contribution in [1.29, 1.82) is 0 Å². The molecular formula is C17H25NO. The normalized spacial score (nSPS) is 20.7.